The Balaban J connectivity index is 1.54. The molecule has 3 aromatic heterocycles. The quantitative estimate of drug-likeness (QED) is 0.380. The molecule has 0 saturated carbocycles. The van der Waals surface area contributed by atoms with Crippen LogP contribution in [0.4, 0.5) is 0 Å². The van der Waals surface area contributed by atoms with Crippen LogP contribution < -0.4 is 15.0 Å². The van der Waals surface area contributed by atoms with Crippen molar-refractivity contribution in [3.05, 3.63) is 81.7 Å². The van der Waals surface area contributed by atoms with Crippen LogP contribution in [0.1, 0.15) is 16.2 Å². The van der Waals surface area contributed by atoms with Crippen molar-refractivity contribution in [3.8, 4) is 22.8 Å². The lowest BCUT2D eigenvalue weighted by atomic mass is 10.0. The number of amides is 1. The van der Waals surface area contributed by atoms with Gasteiger partial charge < -0.3 is 19.4 Å². The first-order valence-corrected chi connectivity index (χ1v) is 11.7. The lowest BCUT2D eigenvalue weighted by Gasteiger charge is -2.18. The number of hydrogen-bond acceptors (Lipinski definition) is 7. The average Bonchev–Trinajstić information content (AvgIpc) is 3.36. The molecular weight excluding hydrogens is 464 g/mol. The molecule has 2 aromatic carbocycles. The number of methoxy groups -OCH3 is 2. The van der Waals surface area contributed by atoms with Crippen LogP contribution in [0.2, 0.25) is 0 Å². The minimum absolute atomic E-state index is 0.155. The second-order valence-electron chi connectivity index (χ2n) is 7.95. The summed E-state index contributed by atoms with van der Waals surface area (Å²) in [6.07, 6.45) is 0. The van der Waals surface area contributed by atoms with Gasteiger partial charge in [0.1, 0.15) is 10.5 Å². The summed E-state index contributed by atoms with van der Waals surface area (Å²) in [5.74, 6) is 1.40. The number of thiophene rings is 1. The van der Waals surface area contributed by atoms with Gasteiger partial charge in [0, 0.05) is 18.0 Å². The number of H-pyrrole nitrogens is 1. The highest BCUT2D eigenvalue weighted by Gasteiger charge is 2.19. The molecule has 9 heteroatoms. The first-order valence-electron chi connectivity index (χ1n) is 10.8. The van der Waals surface area contributed by atoms with E-state index in [1.807, 2.05) is 41.8 Å². The van der Waals surface area contributed by atoms with E-state index in [4.69, 9.17) is 14.5 Å². The molecule has 0 radical (unpaired) electrons. The fourth-order valence-electron chi connectivity index (χ4n) is 3.99. The molecule has 1 N–H and O–H groups in total. The minimum atomic E-state index is -0.210. The molecule has 1 amide bonds. The maximum atomic E-state index is 13.6. The first kappa shape index (κ1) is 22.5. The van der Waals surface area contributed by atoms with E-state index in [1.54, 1.807) is 39.5 Å². The van der Waals surface area contributed by atoms with E-state index < -0.39 is 0 Å². The van der Waals surface area contributed by atoms with E-state index in [0.717, 1.165) is 10.9 Å². The molecule has 0 bridgehead atoms. The van der Waals surface area contributed by atoms with E-state index >= 15 is 0 Å². The van der Waals surface area contributed by atoms with Crippen molar-refractivity contribution in [1.29, 1.82) is 0 Å². The molecule has 0 spiro atoms. The van der Waals surface area contributed by atoms with Crippen LogP contribution in [0, 0.1) is 0 Å². The van der Waals surface area contributed by atoms with Crippen molar-refractivity contribution in [2.45, 2.75) is 6.54 Å². The molecule has 0 saturated heterocycles. The molecule has 5 aromatic rings. The summed E-state index contributed by atoms with van der Waals surface area (Å²) in [5.41, 5.74) is 3.04. The third-order valence-corrected chi connectivity index (χ3v) is 6.63. The average molecular weight is 487 g/mol. The van der Waals surface area contributed by atoms with E-state index in [1.165, 1.54) is 16.2 Å². The largest absolute Gasteiger partial charge is 0.493 e. The number of nitrogens with zero attached hydrogens (tertiary/aromatic N) is 3. The fraction of sp³-hybridized carbons (Fsp3) is 0.154. The molecule has 0 fully saturated rings. The second kappa shape index (κ2) is 9.19. The van der Waals surface area contributed by atoms with Crippen molar-refractivity contribution in [2.24, 2.45) is 0 Å². The van der Waals surface area contributed by atoms with Gasteiger partial charge in [0.2, 0.25) is 0 Å². The van der Waals surface area contributed by atoms with Crippen LogP contribution in [0.15, 0.2) is 64.8 Å². The summed E-state index contributed by atoms with van der Waals surface area (Å²) < 4.78 is 11.4. The maximum absolute atomic E-state index is 13.6. The Kier molecular flexibility index (Phi) is 5.92. The van der Waals surface area contributed by atoms with Gasteiger partial charge in [-0.15, -0.1) is 11.3 Å². The number of rotatable bonds is 6. The second-order valence-corrected chi connectivity index (χ2v) is 8.87. The number of aromatic nitrogens is 3. The minimum Gasteiger partial charge on any atom is -0.493 e. The molecule has 0 atom stereocenters. The Bertz CT molecular complexity index is 1630. The van der Waals surface area contributed by atoms with E-state index in [9.17, 15) is 9.59 Å². The summed E-state index contributed by atoms with van der Waals surface area (Å²) in [6.45, 7) is 0.155. The number of carbonyl (C=O) groups excluding carboxylic acids is 1. The van der Waals surface area contributed by atoms with Crippen molar-refractivity contribution >= 4 is 38.4 Å². The maximum Gasteiger partial charge on any atom is 0.268 e. The summed E-state index contributed by atoms with van der Waals surface area (Å²) >= 11 is 1.34. The topological polar surface area (TPSA) is 97.4 Å². The number of nitrogens with one attached hydrogen (secondary N) is 1. The predicted molar refractivity (Wildman–Crippen MR) is 136 cm³/mol. The Morgan fingerprint density at radius 3 is 2.60 bits per heavy atom. The number of hydrogen-bond donors (Lipinski definition) is 1. The summed E-state index contributed by atoms with van der Waals surface area (Å²) in [5, 5.41) is 2.56. The van der Waals surface area contributed by atoms with Gasteiger partial charge in [-0.2, -0.15) is 0 Å². The van der Waals surface area contributed by atoms with Gasteiger partial charge >= 0.3 is 0 Å². The third-order valence-electron chi connectivity index (χ3n) is 5.72. The monoisotopic (exact) mass is 486 g/mol. The smallest absolute Gasteiger partial charge is 0.268 e. The van der Waals surface area contributed by atoms with Gasteiger partial charge in [0.05, 0.1) is 43.1 Å². The number of aromatic amines is 1. The Hall–Kier alpha value is -4.24. The van der Waals surface area contributed by atoms with Crippen molar-refractivity contribution in [3.63, 3.8) is 0 Å². The Morgan fingerprint density at radius 1 is 1.00 bits per heavy atom. The zero-order chi connectivity index (χ0) is 24.5. The molecule has 3 heterocycles. The van der Waals surface area contributed by atoms with Gasteiger partial charge in [-0.25, -0.2) is 9.97 Å². The SMILES string of the molecule is COc1ccc(-c2cc(C(=O)N(C)Cc3nc4ccsc4c(=O)[nH]3)c3ccccc3n2)cc1OC. The highest BCUT2D eigenvalue weighted by atomic mass is 32.1. The molecule has 8 nitrogen and oxygen atoms in total. The number of carbonyl (C=O) groups is 1. The third kappa shape index (κ3) is 4.22. The van der Waals surface area contributed by atoms with Gasteiger partial charge in [-0.1, -0.05) is 18.2 Å². The number of benzene rings is 2. The van der Waals surface area contributed by atoms with Crippen LogP contribution in [0.25, 0.3) is 32.4 Å². The van der Waals surface area contributed by atoms with Gasteiger partial charge in [-0.3, -0.25) is 9.59 Å². The lowest BCUT2D eigenvalue weighted by Crippen LogP contribution is -2.28. The van der Waals surface area contributed by atoms with Gasteiger partial charge in [0.15, 0.2) is 11.5 Å². The van der Waals surface area contributed by atoms with Crippen molar-refractivity contribution in [1.82, 2.24) is 19.9 Å². The van der Waals surface area contributed by atoms with Crippen molar-refractivity contribution in [2.75, 3.05) is 21.3 Å². The van der Waals surface area contributed by atoms with Crippen LogP contribution in [-0.4, -0.2) is 47.0 Å². The van der Waals surface area contributed by atoms with Crippen LogP contribution in [0.3, 0.4) is 0 Å². The zero-order valence-electron chi connectivity index (χ0n) is 19.4. The van der Waals surface area contributed by atoms with Crippen molar-refractivity contribution < 1.29 is 14.3 Å². The van der Waals surface area contributed by atoms with Crippen LogP contribution in [0.5, 0.6) is 11.5 Å². The van der Waals surface area contributed by atoms with Crippen LogP contribution >= 0.6 is 11.3 Å². The van der Waals surface area contributed by atoms with E-state index in [0.29, 0.717) is 44.3 Å². The highest BCUT2D eigenvalue weighted by molar-refractivity contribution is 7.17. The summed E-state index contributed by atoms with van der Waals surface area (Å²) in [7, 11) is 4.84. The van der Waals surface area contributed by atoms with E-state index in [-0.39, 0.29) is 18.0 Å². The zero-order valence-corrected chi connectivity index (χ0v) is 20.2. The number of para-hydroxylation sites is 1. The summed E-state index contributed by atoms with van der Waals surface area (Å²) in [6, 6.07) is 16.6. The molecule has 35 heavy (non-hydrogen) atoms. The molecular formula is C26H22N4O4S. The Morgan fingerprint density at radius 2 is 1.80 bits per heavy atom. The fourth-order valence-corrected chi connectivity index (χ4v) is 4.72. The van der Waals surface area contributed by atoms with Crippen LogP contribution in [-0.2, 0) is 6.54 Å². The Labute approximate surface area is 204 Å². The normalized spacial score (nSPS) is 11.1. The summed E-state index contributed by atoms with van der Waals surface area (Å²) in [4.78, 5) is 39.5. The molecule has 0 aliphatic carbocycles. The molecule has 5 rings (SSSR count). The molecule has 176 valence electrons. The molecule has 0 aliphatic rings. The van der Waals surface area contributed by atoms with Gasteiger partial charge in [-0.05, 0) is 41.8 Å². The molecule has 0 unspecified atom stereocenters. The predicted octanol–water partition coefficient (Wildman–Crippen LogP) is 4.49. The number of pyridine rings is 1. The van der Waals surface area contributed by atoms with Gasteiger partial charge in [0.25, 0.3) is 11.5 Å². The molecule has 0 aliphatic heterocycles. The first-order chi connectivity index (χ1) is 17.0. The number of fused-ring (bicyclic) bond motifs is 2. The standard InChI is InChI=1S/C26H22N4O4S/c1-30(14-23-28-19-10-11-35-24(19)25(31)29-23)26(32)17-13-20(27-18-7-5-4-6-16(17)18)15-8-9-21(33-2)22(12-15)34-3/h4-13H,14H2,1-3H3,(H,28,29,31). The van der Waals surface area contributed by atoms with E-state index in [2.05, 4.69) is 9.97 Å². The highest BCUT2D eigenvalue weighted by Crippen LogP contribution is 2.33. The lowest BCUT2D eigenvalue weighted by molar-refractivity contribution is 0.0783. The number of ether oxygens (including phenoxy) is 2.